The first-order valence-corrected chi connectivity index (χ1v) is 19.1. The molecular formula is C52H33N5. The summed E-state index contributed by atoms with van der Waals surface area (Å²) in [6, 6.07) is 69.7. The molecule has 0 saturated heterocycles. The first-order valence-electron chi connectivity index (χ1n) is 19.1. The molecule has 0 spiro atoms. The molecule has 57 heavy (non-hydrogen) atoms. The quantitative estimate of drug-likeness (QED) is 0.160. The number of hydrogen-bond donors (Lipinski definition) is 0. The van der Waals surface area contributed by atoms with E-state index in [0.29, 0.717) is 17.5 Å². The second-order valence-corrected chi connectivity index (χ2v) is 14.2. The summed E-state index contributed by atoms with van der Waals surface area (Å²) in [7, 11) is 0. The SMILES string of the molecule is c1ccc(-c2nc(-c3ccc(-c4cccc5nc(-c6ccccc6)c6ccccc6c45)cc3)nc(-c3cccc(-n4c5ccccc5c5ccccc54)c3)n2)cc1. The lowest BCUT2D eigenvalue weighted by Crippen LogP contribution is -2.01. The maximum absolute atomic E-state index is 5.23. The van der Waals surface area contributed by atoms with E-state index in [4.69, 9.17) is 19.9 Å². The minimum atomic E-state index is 0.616. The van der Waals surface area contributed by atoms with Crippen LogP contribution in [0, 0.1) is 0 Å². The lowest BCUT2D eigenvalue weighted by atomic mass is 9.94. The van der Waals surface area contributed by atoms with E-state index in [1.807, 2.05) is 36.4 Å². The third kappa shape index (κ3) is 5.64. The van der Waals surface area contributed by atoms with E-state index in [2.05, 4.69) is 168 Å². The fourth-order valence-electron chi connectivity index (χ4n) is 8.20. The van der Waals surface area contributed by atoms with E-state index >= 15 is 0 Å². The summed E-state index contributed by atoms with van der Waals surface area (Å²) in [6.07, 6.45) is 0. The average Bonchev–Trinajstić information content (AvgIpc) is 3.63. The van der Waals surface area contributed by atoms with Crippen LogP contribution in [0.3, 0.4) is 0 Å². The molecule has 0 fully saturated rings. The highest BCUT2D eigenvalue weighted by Crippen LogP contribution is 2.39. The minimum absolute atomic E-state index is 0.616. The molecular weight excluding hydrogens is 695 g/mol. The number of rotatable bonds is 6. The van der Waals surface area contributed by atoms with Crippen LogP contribution in [-0.4, -0.2) is 24.5 Å². The van der Waals surface area contributed by atoms with Crippen molar-refractivity contribution in [2.75, 3.05) is 0 Å². The van der Waals surface area contributed by atoms with Crippen molar-refractivity contribution in [2.24, 2.45) is 0 Å². The third-order valence-corrected chi connectivity index (χ3v) is 10.8. The van der Waals surface area contributed by atoms with Crippen molar-refractivity contribution in [1.82, 2.24) is 24.5 Å². The van der Waals surface area contributed by atoms with E-state index < -0.39 is 0 Å². The molecule has 0 aliphatic rings. The monoisotopic (exact) mass is 727 g/mol. The number of pyridine rings is 1. The zero-order valence-corrected chi connectivity index (χ0v) is 30.8. The van der Waals surface area contributed by atoms with Crippen molar-refractivity contribution in [3.8, 4) is 62.2 Å². The van der Waals surface area contributed by atoms with Crippen LogP contribution in [0.15, 0.2) is 200 Å². The standard InChI is InChI=1S/C52H33N5/c1-3-15-35(16-4-1)49-44-24-8-7-23-43(44)48-40(25-14-26-45(48)53-49)34-29-31-37(32-30-34)51-54-50(36-17-5-2-6-18-36)55-52(56-51)38-19-13-20-39(33-38)57-46-27-11-9-21-41(46)42-22-10-12-28-47(42)57/h1-33H. The Morgan fingerprint density at radius 2 is 0.807 bits per heavy atom. The van der Waals surface area contributed by atoms with Crippen molar-refractivity contribution in [1.29, 1.82) is 0 Å². The first-order chi connectivity index (χ1) is 28.3. The fraction of sp³-hybridized carbons (Fsp3) is 0. The van der Waals surface area contributed by atoms with Gasteiger partial charge in [-0.2, -0.15) is 0 Å². The summed E-state index contributed by atoms with van der Waals surface area (Å²) < 4.78 is 2.32. The highest BCUT2D eigenvalue weighted by atomic mass is 15.0. The molecule has 266 valence electrons. The second-order valence-electron chi connectivity index (χ2n) is 14.2. The van der Waals surface area contributed by atoms with Crippen LogP contribution in [-0.2, 0) is 0 Å². The summed E-state index contributed by atoms with van der Waals surface area (Å²) in [5.41, 5.74) is 11.4. The van der Waals surface area contributed by atoms with Gasteiger partial charge in [-0.15, -0.1) is 0 Å². The number of nitrogens with zero attached hydrogens (tertiary/aromatic N) is 5. The number of aromatic nitrogens is 5. The summed E-state index contributed by atoms with van der Waals surface area (Å²) in [6.45, 7) is 0. The Kier molecular flexibility index (Phi) is 7.74. The first kappa shape index (κ1) is 32.7. The van der Waals surface area contributed by atoms with Gasteiger partial charge in [-0.1, -0.05) is 170 Å². The van der Waals surface area contributed by atoms with Gasteiger partial charge in [0, 0.05) is 49.5 Å². The van der Waals surface area contributed by atoms with Gasteiger partial charge in [-0.05, 0) is 46.8 Å². The Morgan fingerprint density at radius 1 is 0.316 bits per heavy atom. The molecule has 0 saturated carbocycles. The molecule has 11 aromatic rings. The van der Waals surface area contributed by atoms with E-state index in [0.717, 1.165) is 72.1 Å². The van der Waals surface area contributed by atoms with Gasteiger partial charge in [0.1, 0.15) is 0 Å². The molecule has 11 rings (SSSR count). The smallest absolute Gasteiger partial charge is 0.164 e. The molecule has 3 aromatic heterocycles. The molecule has 8 aromatic carbocycles. The van der Waals surface area contributed by atoms with Gasteiger partial charge in [-0.25, -0.2) is 19.9 Å². The Morgan fingerprint density at radius 3 is 1.47 bits per heavy atom. The third-order valence-electron chi connectivity index (χ3n) is 10.8. The predicted molar refractivity (Wildman–Crippen MR) is 234 cm³/mol. The Bertz CT molecular complexity index is 3230. The van der Waals surface area contributed by atoms with Crippen molar-refractivity contribution >= 4 is 43.5 Å². The van der Waals surface area contributed by atoms with Crippen molar-refractivity contribution in [3.63, 3.8) is 0 Å². The summed E-state index contributed by atoms with van der Waals surface area (Å²) in [5, 5.41) is 5.89. The maximum atomic E-state index is 5.23. The van der Waals surface area contributed by atoms with E-state index in [-0.39, 0.29) is 0 Å². The summed E-state index contributed by atoms with van der Waals surface area (Å²) >= 11 is 0. The molecule has 0 unspecified atom stereocenters. The summed E-state index contributed by atoms with van der Waals surface area (Å²) in [4.78, 5) is 20.5. The normalized spacial score (nSPS) is 11.5. The van der Waals surface area contributed by atoms with Gasteiger partial charge in [0.15, 0.2) is 17.5 Å². The lowest BCUT2D eigenvalue weighted by Gasteiger charge is -2.14. The molecule has 0 aliphatic carbocycles. The van der Waals surface area contributed by atoms with Gasteiger partial charge >= 0.3 is 0 Å². The van der Waals surface area contributed by atoms with Gasteiger partial charge in [0.2, 0.25) is 0 Å². The lowest BCUT2D eigenvalue weighted by molar-refractivity contribution is 1.07. The van der Waals surface area contributed by atoms with E-state index in [1.165, 1.54) is 16.2 Å². The van der Waals surface area contributed by atoms with Crippen molar-refractivity contribution in [3.05, 3.63) is 200 Å². The van der Waals surface area contributed by atoms with Crippen LogP contribution in [0.5, 0.6) is 0 Å². The number of hydrogen-bond acceptors (Lipinski definition) is 4. The van der Waals surface area contributed by atoms with Crippen LogP contribution >= 0.6 is 0 Å². The van der Waals surface area contributed by atoms with Gasteiger partial charge < -0.3 is 4.57 Å². The molecule has 0 atom stereocenters. The fourth-order valence-corrected chi connectivity index (χ4v) is 8.20. The molecule has 0 aliphatic heterocycles. The van der Waals surface area contributed by atoms with Gasteiger partial charge in [0.25, 0.3) is 0 Å². The highest BCUT2D eigenvalue weighted by Gasteiger charge is 2.17. The molecule has 5 nitrogen and oxygen atoms in total. The molecule has 0 bridgehead atoms. The highest BCUT2D eigenvalue weighted by molar-refractivity contribution is 6.16. The number of fused-ring (bicyclic) bond motifs is 6. The number of para-hydroxylation sites is 2. The van der Waals surface area contributed by atoms with E-state index in [9.17, 15) is 0 Å². The maximum Gasteiger partial charge on any atom is 0.164 e. The van der Waals surface area contributed by atoms with Crippen LogP contribution < -0.4 is 0 Å². The van der Waals surface area contributed by atoms with Gasteiger partial charge in [-0.3, -0.25) is 0 Å². The second kappa shape index (κ2) is 13.5. The largest absolute Gasteiger partial charge is 0.309 e. The molecule has 5 heteroatoms. The Hall–Kier alpha value is -7.76. The predicted octanol–water partition coefficient (Wildman–Crippen LogP) is 13.0. The average molecular weight is 728 g/mol. The molecule has 0 radical (unpaired) electrons. The topological polar surface area (TPSA) is 56.5 Å². The Balaban J connectivity index is 1.03. The van der Waals surface area contributed by atoms with Gasteiger partial charge in [0.05, 0.1) is 22.2 Å². The molecule has 0 N–H and O–H groups in total. The summed E-state index contributed by atoms with van der Waals surface area (Å²) in [5.74, 6) is 1.86. The van der Waals surface area contributed by atoms with Crippen molar-refractivity contribution < 1.29 is 0 Å². The zero-order chi connectivity index (χ0) is 37.7. The van der Waals surface area contributed by atoms with Crippen LogP contribution in [0.2, 0.25) is 0 Å². The molecule has 0 amide bonds. The minimum Gasteiger partial charge on any atom is -0.309 e. The van der Waals surface area contributed by atoms with Crippen LogP contribution in [0.4, 0.5) is 0 Å². The molecule has 3 heterocycles. The van der Waals surface area contributed by atoms with E-state index in [1.54, 1.807) is 0 Å². The van der Waals surface area contributed by atoms with Crippen molar-refractivity contribution in [2.45, 2.75) is 0 Å². The Labute approximate surface area is 329 Å². The van der Waals surface area contributed by atoms with Crippen LogP contribution in [0.1, 0.15) is 0 Å². The zero-order valence-electron chi connectivity index (χ0n) is 30.8. The van der Waals surface area contributed by atoms with Crippen LogP contribution in [0.25, 0.3) is 106 Å². The number of benzene rings is 8.